The Bertz CT molecular complexity index is 5340. The van der Waals surface area contributed by atoms with Crippen LogP contribution in [-0.2, 0) is 10.8 Å². The van der Waals surface area contributed by atoms with Crippen LogP contribution in [0.25, 0.3) is 164 Å². The van der Waals surface area contributed by atoms with Gasteiger partial charge in [-0.25, -0.2) is 0 Å². The van der Waals surface area contributed by atoms with E-state index in [1.165, 1.54) is 164 Å². The van der Waals surface area contributed by atoms with Crippen LogP contribution >= 0.6 is 0 Å². The molecule has 1 nitrogen and oxygen atoms in total. The summed E-state index contributed by atoms with van der Waals surface area (Å²) in [4.78, 5) is 0. The number of benzene rings is 15. The van der Waals surface area contributed by atoms with Gasteiger partial charge in [0, 0.05) is 21.6 Å². The molecular formula is C78H50O. The minimum atomic E-state index is -0.245. The minimum Gasteiger partial charge on any atom is -0.456 e. The average Bonchev–Trinajstić information content (AvgIpc) is 4.27. The first-order chi connectivity index (χ1) is 38.6. The number of hydrogen-bond acceptors (Lipinski definition) is 1. The Morgan fingerprint density at radius 1 is 0.228 bits per heavy atom. The van der Waals surface area contributed by atoms with Crippen molar-refractivity contribution in [2.24, 2.45) is 0 Å². The Morgan fingerprint density at radius 3 is 1.58 bits per heavy atom. The van der Waals surface area contributed by atoms with Gasteiger partial charge in [0.1, 0.15) is 11.2 Å². The van der Waals surface area contributed by atoms with Gasteiger partial charge in [-0.05, 0) is 225 Å². The van der Waals surface area contributed by atoms with Crippen LogP contribution in [0.1, 0.15) is 49.9 Å². The number of rotatable bonds is 4. The van der Waals surface area contributed by atoms with E-state index in [1.807, 2.05) is 0 Å². The third kappa shape index (κ3) is 5.79. The van der Waals surface area contributed by atoms with Crippen LogP contribution in [0, 0.1) is 0 Å². The lowest BCUT2D eigenvalue weighted by Crippen LogP contribution is -2.15. The third-order valence-electron chi connectivity index (χ3n) is 19.1. The van der Waals surface area contributed by atoms with Gasteiger partial charge in [-0.15, -0.1) is 0 Å². The second-order valence-electron chi connectivity index (χ2n) is 23.9. The van der Waals surface area contributed by atoms with E-state index in [0.29, 0.717) is 0 Å². The molecular weight excluding hydrogens is 953 g/mol. The SMILES string of the molecule is CC1(C)c2ccccc2-c2cc3cc(-c4ccccc4)c(-c4ccc5cc(-c6ccc7c(c6)C(C)(C)c6cc8oc9cc(-c%10ccc%11ccc%12cccc%13ccc%10c%11c%12%13)ccc9c8cc6-7)c6cccc7ccc4c5c76)cc3cc21. The predicted octanol–water partition coefficient (Wildman–Crippen LogP) is 21.8. The van der Waals surface area contributed by atoms with Crippen molar-refractivity contribution >= 4 is 97.3 Å². The molecule has 1 heteroatoms. The number of fused-ring (bicyclic) bond motifs is 10. The van der Waals surface area contributed by atoms with E-state index >= 15 is 0 Å². The summed E-state index contributed by atoms with van der Waals surface area (Å²) in [5.74, 6) is 0. The maximum Gasteiger partial charge on any atom is 0.136 e. The van der Waals surface area contributed by atoms with Gasteiger partial charge in [-0.1, -0.05) is 198 Å². The van der Waals surface area contributed by atoms with E-state index in [9.17, 15) is 0 Å². The molecule has 0 aliphatic heterocycles. The lowest BCUT2D eigenvalue weighted by Gasteiger charge is -2.23. The summed E-state index contributed by atoms with van der Waals surface area (Å²) in [6.45, 7) is 9.53. The highest BCUT2D eigenvalue weighted by Gasteiger charge is 2.38. The fourth-order valence-corrected chi connectivity index (χ4v) is 15.2. The summed E-state index contributed by atoms with van der Waals surface area (Å²) in [5, 5.41) is 20.4. The zero-order chi connectivity index (χ0) is 52.2. The third-order valence-corrected chi connectivity index (χ3v) is 19.1. The van der Waals surface area contributed by atoms with E-state index < -0.39 is 0 Å². The lowest BCUT2D eigenvalue weighted by atomic mass is 9.80. The Labute approximate surface area is 457 Å². The fraction of sp³-hybridized carbons (Fsp3) is 0.0769. The number of hydrogen-bond donors (Lipinski definition) is 0. The summed E-state index contributed by atoms with van der Waals surface area (Å²) >= 11 is 0. The van der Waals surface area contributed by atoms with E-state index in [2.05, 4.69) is 258 Å². The lowest BCUT2D eigenvalue weighted by molar-refractivity contribution is 0.647. The van der Waals surface area contributed by atoms with Crippen LogP contribution in [0.3, 0.4) is 0 Å². The van der Waals surface area contributed by atoms with Gasteiger partial charge in [0.2, 0.25) is 0 Å². The molecule has 15 aromatic carbocycles. The van der Waals surface area contributed by atoms with Crippen molar-refractivity contribution in [2.75, 3.05) is 0 Å². The predicted molar refractivity (Wildman–Crippen MR) is 336 cm³/mol. The average molecular weight is 1000 g/mol. The highest BCUT2D eigenvalue weighted by molar-refractivity contribution is 6.29. The quantitative estimate of drug-likeness (QED) is 0.160. The highest BCUT2D eigenvalue weighted by Crippen LogP contribution is 2.55. The van der Waals surface area contributed by atoms with E-state index in [-0.39, 0.29) is 10.8 Å². The fourth-order valence-electron chi connectivity index (χ4n) is 15.2. The molecule has 79 heavy (non-hydrogen) atoms. The zero-order valence-electron chi connectivity index (χ0n) is 44.3. The van der Waals surface area contributed by atoms with E-state index in [4.69, 9.17) is 4.42 Å². The van der Waals surface area contributed by atoms with Crippen LogP contribution in [0.5, 0.6) is 0 Å². The van der Waals surface area contributed by atoms with Crippen molar-refractivity contribution in [3.05, 3.63) is 253 Å². The molecule has 1 aromatic heterocycles. The molecule has 0 spiro atoms. The summed E-state index contributed by atoms with van der Waals surface area (Å²) in [6.07, 6.45) is 0. The van der Waals surface area contributed by atoms with E-state index in [0.717, 1.165) is 21.9 Å². The molecule has 368 valence electrons. The Morgan fingerprint density at radius 2 is 0.734 bits per heavy atom. The molecule has 16 aromatic rings. The summed E-state index contributed by atoms with van der Waals surface area (Å²) in [6, 6.07) is 87.7. The van der Waals surface area contributed by atoms with Crippen molar-refractivity contribution in [1.82, 2.24) is 0 Å². The normalized spacial score (nSPS) is 14.3. The minimum absolute atomic E-state index is 0.0784. The maximum absolute atomic E-state index is 6.88. The molecule has 0 amide bonds. The molecule has 0 atom stereocenters. The zero-order valence-corrected chi connectivity index (χ0v) is 44.3. The van der Waals surface area contributed by atoms with Gasteiger partial charge >= 0.3 is 0 Å². The van der Waals surface area contributed by atoms with Crippen molar-refractivity contribution in [2.45, 2.75) is 38.5 Å². The van der Waals surface area contributed by atoms with Crippen molar-refractivity contribution < 1.29 is 4.42 Å². The highest BCUT2D eigenvalue weighted by atomic mass is 16.3. The smallest absolute Gasteiger partial charge is 0.136 e. The molecule has 0 unspecified atom stereocenters. The van der Waals surface area contributed by atoms with Crippen molar-refractivity contribution in [1.29, 1.82) is 0 Å². The van der Waals surface area contributed by atoms with Crippen LogP contribution in [0.15, 0.2) is 235 Å². The first-order valence-corrected chi connectivity index (χ1v) is 28.0. The second kappa shape index (κ2) is 15.1. The largest absolute Gasteiger partial charge is 0.456 e. The molecule has 2 aliphatic rings. The summed E-state index contributed by atoms with van der Waals surface area (Å²) in [7, 11) is 0. The van der Waals surface area contributed by atoms with Gasteiger partial charge in [0.15, 0.2) is 0 Å². The van der Waals surface area contributed by atoms with Crippen molar-refractivity contribution in [3.63, 3.8) is 0 Å². The van der Waals surface area contributed by atoms with Crippen LogP contribution in [0.4, 0.5) is 0 Å². The van der Waals surface area contributed by atoms with Crippen LogP contribution in [0.2, 0.25) is 0 Å². The molecule has 18 rings (SSSR count). The van der Waals surface area contributed by atoms with Crippen LogP contribution in [-0.4, -0.2) is 0 Å². The molecule has 1 heterocycles. The molecule has 0 fully saturated rings. The summed E-state index contributed by atoms with van der Waals surface area (Å²) < 4.78 is 6.88. The van der Waals surface area contributed by atoms with Gasteiger partial charge in [0.05, 0.1) is 0 Å². The van der Waals surface area contributed by atoms with Gasteiger partial charge < -0.3 is 4.42 Å². The topological polar surface area (TPSA) is 13.1 Å². The van der Waals surface area contributed by atoms with Crippen molar-refractivity contribution in [3.8, 4) is 66.8 Å². The Hall–Kier alpha value is -9.56. The van der Waals surface area contributed by atoms with Crippen LogP contribution < -0.4 is 0 Å². The first-order valence-electron chi connectivity index (χ1n) is 28.0. The van der Waals surface area contributed by atoms with E-state index in [1.54, 1.807) is 0 Å². The standard InChI is InChI=1S/C78H50O/c1-77(2)67-19-9-8-17-55(67)64-37-51-35-61(43-12-6-5-7-13-43)63(36-52(51)39-69(64)77)54-29-27-50-34-62(58-18-11-16-46-24-33-60(54)76(50)75(46)58)48-25-30-56-65-41-66-57-31-26-49(40-71(57)79-72(66)42-70(65)78(3,4)68(56)38-48)53-28-22-47-21-20-44-14-10-15-45-23-32-59(53)74(47)73(44)45/h5-42H,1-4H3. The number of furan rings is 1. The Balaban J connectivity index is 0.756. The molecule has 2 aliphatic carbocycles. The molecule has 0 saturated carbocycles. The van der Waals surface area contributed by atoms with Gasteiger partial charge in [0.25, 0.3) is 0 Å². The molecule has 0 bridgehead atoms. The molecule has 0 radical (unpaired) electrons. The molecule has 0 saturated heterocycles. The first kappa shape index (κ1) is 43.5. The maximum atomic E-state index is 6.88. The second-order valence-corrected chi connectivity index (χ2v) is 23.9. The Kier molecular flexibility index (Phi) is 8.34. The van der Waals surface area contributed by atoms with Gasteiger partial charge in [-0.2, -0.15) is 0 Å². The molecule has 0 N–H and O–H groups in total. The van der Waals surface area contributed by atoms with Gasteiger partial charge in [-0.3, -0.25) is 0 Å². The summed E-state index contributed by atoms with van der Waals surface area (Å²) in [5.41, 5.74) is 22.2. The monoisotopic (exact) mass is 1000 g/mol.